The molecule has 0 bridgehead atoms. The average molecular weight is 420 g/mol. The number of nitrogens with one attached hydrogen (secondary N) is 1. The van der Waals surface area contributed by atoms with Crippen molar-refractivity contribution >= 4 is 23.3 Å². The molecule has 5 rings (SSSR count). The lowest BCUT2D eigenvalue weighted by molar-refractivity contribution is -0.114. The van der Waals surface area contributed by atoms with Crippen molar-refractivity contribution < 1.29 is 13.6 Å². The van der Waals surface area contributed by atoms with Gasteiger partial charge in [-0.1, -0.05) is 35.4 Å². The van der Waals surface area contributed by atoms with Crippen molar-refractivity contribution in [1.82, 2.24) is 15.1 Å². The summed E-state index contributed by atoms with van der Waals surface area (Å²) in [6.07, 6.45) is 0. The second-order valence-electron chi connectivity index (χ2n) is 7.54. The number of benzodiazepines with no additional fused rings is 1. The van der Waals surface area contributed by atoms with E-state index in [9.17, 15) is 9.18 Å². The quantitative estimate of drug-likeness (QED) is 0.697. The Hall–Kier alpha value is -3.59. The Labute approximate surface area is 178 Å². The fourth-order valence-electron chi connectivity index (χ4n) is 3.81. The molecule has 31 heavy (non-hydrogen) atoms. The van der Waals surface area contributed by atoms with Crippen LogP contribution in [0.1, 0.15) is 17.0 Å². The van der Waals surface area contributed by atoms with Gasteiger partial charge in [-0.15, -0.1) is 5.10 Å². The van der Waals surface area contributed by atoms with Crippen molar-refractivity contribution in [2.45, 2.75) is 6.54 Å². The highest BCUT2D eigenvalue weighted by atomic mass is 19.1. The first kappa shape index (κ1) is 19.4. The molecule has 1 aromatic heterocycles. The molecule has 0 spiro atoms. The maximum Gasteiger partial charge on any atom is 0.318 e. The lowest BCUT2D eigenvalue weighted by atomic mass is 10.1. The Morgan fingerprint density at radius 3 is 2.65 bits per heavy atom. The van der Waals surface area contributed by atoms with Crippen LogP contribution in [0.15, 0.2) is 57.9 Å². The number of anilines is 2. The van der Waals surface area contributed by atoms with Gasteiger partial charge >= 0.3 is 6.01 Å². The summed E-state index contributed by atoms with van der Waals surface area (Å²) in [5.41, 5.74) is 2.50. The highest BCUT2D eigenvalue weighted by Crippen LogP contribution is 2.25. The fraction of sp³-hybridized carbons (Fsp3) is 0.273. The fourth-order valence-corrected chi connectivity index (χ4v) is 3.81. The maximum atomic E-state index is 13.9. The van der Waals surface area contributed by atoms with E-state index in [1.54, 1.807) is 0 Å². The van der Waals surface area contributed by atoms with Crippen LogP contribution in [-0.2, 0) is 11.3 Å². The zero-order valence-corrected chi connectivity index (χ0v) is 16.8. The molecule has 0 aliphatic carbocycles. The molecule has 1 amide bonds. The van der Waals surface area contributed by atoms with Gasteiger partial charge in [-0.2, -0.15) is 0 Å². The molecule has 1 fully saturated rings. The summed E-state index contributed by atoms with van der Waals surface area (Å²) in [4.78, 5) is 20.6. The van der Waals surface area contributed by atoms with Crippen molar-refractivity contribution in [2.75, 3.05) is 42.9 Å². The number of aromatic nitrogens is 2. The molecular formula is C22H21FN6O2. The molecule has 0 atom stereocenters. The van der Waals surface area contributed by atoms with Crippen LogP contribution in [0.2, 0.25) is 0 Å². The van der Waals surface area contributed by atoms with E-state index in [1.807, 2.05) is 11.0 Å². The Morgan fingerprint density at radius 2 is 1.84 bits per heavy atom. The summed E-state index contributed by atoms with van der Waals surface area (Å²) in [5, 5.41) is 11.0. The lowest BCUT2D eigenvalue weighted by Gasteiger charge is -2.33. The Kier molecular flexibility index (Phi) is 5.17. The summed E-state index contributed by atoms with van der Waals surface area (Å²) < 4.78 is 19.8. The van der Waals surface area contributed by atoms with Crippen LogP contribution in [0, 0.1) is 5.82 Å². The van der Waals surface area contributed by atoms with E-state index in [2.05, 4.69) is 49.7 Å². The minimum absolute atomic E-state index is 0.0957. The van der Waals surface area contributed by atoms with Crippen LogP contribution in [0.5, 0.6) is 0 Å². The van der Waals surface area contributed by atoms with Crippen molar-refractivity contribution in [3.8, 4) is 0 Å². The highest BCUT2D eigenvalue weighted by Gasteiger charge is 2.26. The van der Waals surface area contributed by atoms with Crippen LogP contribution in [-0.4, -0.2) is 59.4 Å². The summed E-state index contributed by atoms with van der Waals surface area (Å²) >= 11 is 0. The number of rotatable bonds is 4. The lowest BCUT2D eigenvalue weighted by Crippen LogP contribution is -2.46. The van der Waals surface area contributed by atoms with Crippen molar-refractivity contribution in [1.29, 1.82) is 0 Å². The number of hydrogen-bond acceptors (Lipinski definition) is 7. The van der Waals surface area contributed by atoms with Gasteiger partial charge in [0.25, 0.3) is 5.89 Å². The van der Waals surface area contributed by atoms with Gasteiger partial charge in [0.15, 0.2) is 0 Å². The van der Waals surface area contributed by atoms with Gasteiger partial charge in [-0.25, -0.2) is 4.39 Å². The molecule has 0 unspecified atom stereocenters. The molecule has 158 valence electrons. The number of nitrogens with zero attached hydrogens (tertiary/aromatic N) is 5. The SMILES string of the molecule is O=C1CN=C(c2nnc(N3CCN(Cc4ccccc4)CC3)o2)c2cc(F)ccc2N1. The van der Waals surface area contributed by atoms with Crippen molar-refractivity contribution in [3.05, 3.63) is 71.4 Å². The first-order valence-electron chi connectivity index (χ1n) is 10.1. The van der Waals surface area contributed by atoms with Crippen LogP contribution in [0.4, 0.5) is 16.1 Å². The van der Waals surface area contributed by atoms with E-state index < -0.39 is 5.82 Å². The van der Waals surface area contributed by atoms with E-state index in [4.69, 9.17) is 4.42 Å². The van der Waals surface area contributed by atoms with Gasteiger partial charge in [0.1, 0.15) is 18.1 Å². The summed E-state index contributed by atoms with van der Waals surface area (Å²) in [5.74, 6) is -0.543. The number of benzene rings is 2. The Morgan fingerprint density at radius 1 is 1.03 bits per heavy atom. The predicted octanol–water partition coefficient (Wildman–Crippen LogP) is 2.32. The number of piperazine rings is 1. The van der Waals surface area contributed by atoms with Gasteiger partial charge < -0.3 is 14.6 Å². The van der Waals surface area contributed by atoms with Gasteiger partial charge in [-0.05, 0) is 23.8 Å². The molecule has 9 heteroatoms. The van der Waals surface area contributed by atoms with Crippen LogP contribution < -0.4 is 10.2 Å². The van der Waals surface area contributed by atoms with Crippen molar-refractivity contribution in [2.24, 2.45) is 4.99 Å². The van der Waals surface area contributed by atoms with Crippen molar-refractivity contribution in [3.63, 3.8) is 0 Å². The Balaban J connectivity index is 1.31. The molecule has 2 aliphatic heterocycles. The summed E-state index contributed by atoms with van der Waals surface area (Å²) in [6.45, 7) is 4.07. The number of aliphatic imine (C=N–C) groups is 1. The number of hydrogen-bond donors (Lipinski definition) is 1. The topological polar surface area (TPSA) is 86.9 Å². The molecule has 2 aromatic carbocycles. The summed E-state index contributed by atoms with van der Waals surface area (Å²) in [7, 11) is 0. The highest BCUT2D eigenvalue weighted by molar-refractivity contribution is 6.17. The van der Waals surface area contributed by atoms with E-state index in [1.165, 1.54) is 23.8 Å². The predicted molar refractivity (Wildman–Crippen MR) is 114 cm³/mol. The monoisotopic (exact) mass is 420 g/mol. The largest absolute Gasteiger partial charge is 0.402 e. The second-order valence-corrected chi connectivity index (χ2v) is 7.54. The molecule has 0 saturated carbocycles. The Bertz CT molecular complexity index is 1120. The van der Waals surface area contributed by atoms with Gasteiger partial charge in [0, 0.05) is 38.3 Å². The van der Waals surface area contributed by atoms with Gasteiger partial charge in [0.05, 0.1) is 5.69 Å². The van der Waals surface area contributed by atoms with Gasteiger partial charge in [-0.3, -0.25) is 14.7 Å². The number of carbonyl (C=O) groups is 1. The van der Waals surface area contributed by atoms with Crippen LogP contribution in [0.25, 0.3) is 0 Å². The number of carbonyl (C=O) groups excluding carboxylic acids is 1. The third kappa shape index (κ3) is 4.17. The molecule has 3 aromatic rings. The van der Waals surface area contributed by atoms with E-state index in [0.29, 0.717) is 23.0 Å². The zero-order chi connectivity index (χ0) is 21.2. The first-order chi connectivity index (χ1) is 15.2. The minimum Gasteiger partial charge on any atom is -0.402 e. The number of amides is 1. The van der Waals surface area contributed by atoms with Crippen LogP contribution >= 0.6 is 0 Å². The standard InChI is InChI=1S/C22H21FN6O2/c23-16-6-7-18-17(12-16)20(24-13-19(30)25-18)21-26-27-22(31-21)29-10-8-28(9-11-29)14-15-4-2-1-3-5-15/h1-7,12H,8-11,13-14H2,(H,25,30). The number of fused-ring (bicyclic) bond motifs is 1. The minimum atomic E-state index is -0.433. The summed E-state index contributed by atoms with van der Waals surface area (Å²) in [6, 6.07) is 14.9. The molecule has 3 heterocycles. The van der Waals surface area contributed by atoms with E-state index in [0.717, 1.165) is 32.7 Å². The zero-order valence-electron chi connectivity index (χ0n) is 16.8. The first-order valence-corrected chi connectivity index (χ1v) is 10.1. The average Bonchev–Trinajstić information content (AvgIpc) is 3.20. The molecule has 2 aliphatic rings. The van der Waals surface area contributed by atoms with E-state index >= 15 is 0 Å². The third-order valence-corrected chi connectivity index (χ3v) is 5.40. The second kappa shape index (κ2) is 8.27. The molecular weight excluding hydrogens is 399 g/mol. The molecule has 0 radical (unpaired) electrons. The molecule has 8 nitrogen and oxygen atoms in total. The molecule has 1 N–H and O–H groups in total. The third-order valence-electron chi connectivity index (χ3n) is 5.40. The van der Waals surface area contributed by atoms with E-state index in [-0.39, 0.29) is 18.3 Å². The van der Waals surface area contributed by atoms with Crippen LogP contribution in [0.3, 0.4) is 0 Å². The normalized spacial score (nSPS) is 17.0. The number of halogens is 1. The van der Waals surface area contributed by atoms with Gasteiger partial charge in [0.2, 0.25) is 5.91 Å². The smallest absolute Gasteiger partial charge is 0.318 e. The molecule has 1 saturated heterocycles. The maximum absolute atomic E-state index is 13.9.